The lowest BCUT2D eigenvalue weighted by Gasteiger charge is -2.23. The molecule has 3 nitrogen and oxygen atoms in total. The normalized spacial score (nSPS) is 12.1. The third-order valence-corrected chi connectivity index (χ3v) is 2.63. The maximum atomic E-state index is 4.24. The van der Waals surface area contributed by atoms with Gasteiger partial charge in [0.15, 0.2) is 0 Å². The maximum absolute atomic E-state index is 4.24. The maximum Gasteiger partial charge on any atom is 0.128 e. The lowest BCUT2D eigenvalue weighted by atomic mass is 9.99. The van der Waals surface area contributed by atoms with E-state index in [1.54, 1.807) is 0 Å². The number of likely N-dealkylation sites (N-methyl/N-ethyl adjacent to an activating group) is 1. The Labute approximate surface area is 87.6 Å². The van der Waals surface area contributed by atoms with E-state index in [4.69, 9.17) is 0 Å². The first-order valence-corrected chi connectivity index (χ1v) is 5.11. The van der Waals surface area contributed by atoms with Gasteiger partial charge in [-0.1, -0.05) is 0 Å². The summed E-state index contributed by atoms with van der Waals surface area (Å²) in [4.78, 5) is 0. The van der Waals surface area contributed by atoms with Crippen molar-refractivity contribution in [2.24, 2.45) is 7.05 Å². The fraction of sp³-hybridized carbons (Fsp3) is 0.667. The molecule has 0 saturated carbocycles. The van der Waals surface area contributed by atoms with Gasteiger partial charge >= 0.3 is 0 Å². The van der Waals surface area contributed by atoms with Crippen LogP contribution in [-0.4, -0.2) is 22.4 Å². The summed E-state index contributed by atoms with van der Waals surface area (Å²) in [5.74, 6) is 0. The van der Waals surface area contributed by atoms with Crippen LogP contribution in [-0.2, 0) is 13.5 Å². The van der Waals surface area contributed by atoms with Crippen molar-refractivity contribution in [1.82, 2.24) is 15.1 Å². The topological polar surface area (TPSA) is 29.9 Å². The van der Waals surface area contributed by atoms with Crippen LogP contribution in [0.25, 0.3) is 0 Å². The Bertz CT molecular complexity index is 291. The highest BCUT2D eigenvalue weighted by Crippen LogP contribution is 2.15. The molecule has 74 valence electrons. The molecule has 13 heavy (non-hydrogen) atoms. The van der Waals surface area contributed by atoms with Crippen molar-refractivity contribution in [2.45, 2.75) is 25.8 Å². The standard InChI is InChI=1S/C9H16BrN3/c1-9(2,11-3)6-7-5-8(10)12-13(7)4/h5,11H,6H2,1-4H3. The fourth-order valence-electron chi connectivity index (χ4n) is 1.17. The number of rotatable bonds is 3. The first-order valence-electron chi connectivity index (χ1n) is 4.32. The Morgan fingerprint density at radius 1 is 1.62 bits per heavy atom. The molecule has 0 aliphatic rings. The Balaban J connectivity index is 2.79. The molecule has 0 aliphatic heterocycles. The zero-order chi connectivity index (χ0) is 10.1. The van der Waals surface area contributed by atoms with Crippen LogP contribution in [0.5, 0.6) is 0 Å². The second-order valence-corrected chi connectivity index (χ2v) is 4.71. The molecule has 1 heterocycles. The molecule has 0 atom stereocenters. The van der Waals surface area contributed by atoms with Crippen LogP contribution in [0.3, 0.4) is 0 Å². The summed E-state index contributed by atoms with van der Waals surface area (Å²) in [6, 6.07) is 2.05. The average Bonchev–Trinajstić information content (AvgIpc) is 2.30. The molecular weight excluding hydrogens is 230 g/mol. The van der Waals surface area contributed by atoms with Crippen LogP contribution >= 0.6 is 15.9 Å². The monoisotopic (exact) mass is 245 g/mol. The molecule has 1 N–H and O–H groups in total. The van der Waals surface area contributed by atoms with Crippen molar-refractivity contribution in [3.8, 4) is 0 Å². The van der Waals surface area contributed by atoms with E-state index in [0.29, 0.717) is 0 Å². The molecule has 0 spiro atoms. The van der Waals surface area contributed by atoms with Crippen molar-refractivity contribution >= 4 is 15.9 Å². The molecule has 0 bridgehead atoms. The first kappa shape index (κ1) is 10.7. The number of nitrogens with one attached hydrogen (secondary N) is 1. The molecule has 0 radical (unpaired) electrons. The quantitative estimate of drug-likeness (QED) is 0.880. The third-order valence-electron chi connectivity index (χ3n) is 2.25. The zero-order valence-electron chi connectivity index (χ0n) is 8.56. The van der Waals surface area contributed by atoms with Gasteiger partial charge in [-0.3, -0.25) is 4.68 Å². The predicted molar refractivity (Wildman–Crippen MR) is 57.8 cm³/mol. The van der Waals surface area contributed by atoms with Gasteiger partial charge in [0.05, 0.1) is 0 Å². The largest absolute Gasteiger partial charge is 0.314 e. The zero-order valence-corrected chi connectivity index (χ0v) is 10.1. The van der Waals surface area contributed by atoms with Gasteiger partial charge in [-0.15, -0.1) is 0 Å². The molecule has 4 heteroatoms. The van der Waals surface area contributed by atoms with Crippen molar-refractivity contribution in [3.63, 3.8) is 0 Å². The van der Waals surface area contributed by atoms with Crippen LogP contribution < -0.4 is 5.32 Å². The molecule has 1 aromatic heterocycles. The van der Waals surface area contributed by atoms with Crippen LogP contribution in [0.4, 0.5) is 0 Å². The number of hydrogen-bond acceptors (Lipinski definition) is 2. The van der Waals surface area contributed by atoms with E-state index in [0.717, 1.165) is 11.0 Å². The number of aromatic nitrogens is 2. The molecule has 0 saturated heterocycles. The molecule has 1 aromatic rings. The minimum absolute atomic E-state index is 0.118. The van der Waals surface area contributed by atoms with Gasteiger partial charge in [-0.25, -0.2) is 0 Å². The fourth-order valence-corrected chi connectivity index (χ4v) is 1.68. The first-order chi connectivity index (χ1) is 5.94. The van der Waals surface area contributed by atoms with Crippen molar-refractivity contribution < 1.29 is 0 Å². The molecule has 0 fully saturated rings. The van der Waals surface area contributed by atoms with Gasteiger partial charge in [0, 0.05) is 24.7 Å². The van der Waals surface area contributed by atoms with Crippen molar-refractivity contribution in [3.05, 3.63) is 16.4 Å². The summed E-state index contributed by atoms with van der Waals surface area (Å²) in [5, 5.41) is 7.50. The second-order valence-electron chi connectivity index (χ2n) is 3.89. The van der Waals surface area contributed by atoms with E-state index in [1.807, 2.05) is 18.8 Å². The number of aryl methyl sites for hydroxylation is 1. The van der Waals surface area contributed by atoms with Gasteiger partial charge in [0.2, 0.25) is 0 Å². The Hall–Kier alpha value is -0.350. The summed E-state index contributed by atoms with van der Waals surface area (Å²) < 4.78 is 2.81. The molecule has 1 rings (SSSR count). The summed E-state index contributed by atoms with van der Waals surface area (Å²) in [7, 11) is 3.94. The Kier molecular flexibility index (Phi) is 3.14. The predicted octanol–water partition coefficient (Wildman–Crippen LogP) is 1.72. The molecule has 0 amide bonds. The highest BCUT2D eigenvalue weighted by Gasteiger charge is 2.17. The second kappa shape index (κ2) is 3.80. The lowest BCUT2D eigenvalue weighted by Crippen LogP contribution is -2.38. The Morgan fingerprint density at radius 2 is 2.23 bits per heavy atom. The van der Waals surface area contributed by atoms with E-state index in [1.165, 1.54) is 5.69 Å². The van der Waals surface area contributed by atoms with E-state index in [2.05, 4.69) is 46.3 Å². The van der Waals surface area contributed by atoms with Gasteiger partial charge in [-0.2, -0.15) is 5.10 Å². The number of nitrogens with zero attached hydrogens (tertiary/aromatic N) is 2. The van der Waals surface area contributed by atoms with Gasteiger partial charge < -0.3 is 5.32 Å². The van der Waals surface area contributed by atoms with E-state index in [-0.39, 0.29) is 5.54 Å². The van der Waals surface area contributed by atoms with Crippen LogP contribution in [0.2, 0.25) is 0 Å². The van der Waals surface area contributed by atoms with Crippen LogP contribution in [0, 0.1) is 0 Å². The minimum Gasteiger partial charge on any atom is -0.314 e. The molecule has 0 unspecified atom stereocenters. The van der Waals surface area contributed by atoms with Crippen molar-refractivity contribution in [1.29, 1.82) is 0 Å². The van der Waals surface area contributed by atoms with E-state index < -0.39 is 0 Å². The Morgan fingerprint density at radius 3 is 2.62 bits per heavy atom. The smallest absolute Gasteiger partial charge is 0.128 e. The summed E-state index contributed by atoms with van der Waals surface area (Å²) in [6.07, 6.45) is 0.971. The summed E-state index contributed by atoms with van der Waals surface area (Å²) in [5.41, 5.74) is 1.35. The van der Waals surface area contributed by atoms with Crippen LogP contribution in [0.1, 0.15) is 19.5 Å². The summed E-state index contributed by atoms with van der Waals surface area (Å²) >= 11 is 3.36. The highest BCUT2D eigenvalue weighted by molar-refractivity contribution is 9.10. The average molecular weight is 246 g/mol. The van der Waals surface area contributed by atoms with Gasteiger partial charge in [-0.05, 0) is 42.9 Å². The summed E-state index contributed by atoms with van der Waals surface area (Å²) in [6.45, 7) is 4.35. The lowest BCUT2D eigenvalue weighted by molar-refractivity contribution is 0.410. The number of hydrogen-bond donors (Lipinski definition) is 1. The minimum atomic E-state index is 0.118. The van der Waals surface area contributed by atoms with Gasteiger partial charge in [0.25, 0.3) is 0 Å². The van der Waals surface area contributed by atoms with Crippen LogP contribution in [0.15, 0.2) is 10.7 Å². The molecule has 0 aromatic carbocycles. The SMILES string of the molecule is CNC(C)(C)Cc1cc(Br)nn1C. The third kappa shape index (κ3) is 2.81. The number of halogens is 1. The van der Waals surface area contributed by atoms with Gasteiger partial charge in [0.1, 0.15) is 4.60 Å². The van der Waals surface area contributed by atoms with E-state index in [9.17, 15) is 0 Å². The van der Waals surface area contributed by atoms with Crippen molar-refractivity contribution in [2.75, 3.05) is 7.05 Å². The molecular formula is C9H16BrN3. The van der Waals surface area contributed by atoms with E-state index >= 15 is 0 Å². The molecule has 0 aliphatic carbocycles. The highest BCUT2D eigenvalue weighted by atomic mass is 79.9.